The summed E-state index contributed by atoms with van der Waals surface area (Å²) in [5.74, 6) is 1.70. The fraction of sp³-hybridized carbons (Fsp3) is 0.480. The highest BCUT2D eigenvalue weighted by Crippen LogP contribution is 2.17. The molecule has 3 rings (SSSR count). The van der Waals surface area contributed by atoms with E-state index < -0.39 is 0 Å². The molecule has 0 saturated carbocycles. The van der Waals surface area contributed by atoms with Crippen molar-refractivity contribution in [2.45, 2.75) is 45.6 Å². The summed E-state index contributed by atoms with van der Waals surface area (Å²) in [5, 5.41) is 6.87. The lowest BCUT2D eigenvalue weighted by Gasteiger charge is -2.35. The molecule has 2 unspecified atom stereocenters. The van der Waals surface area contributed by atoms with Gasteiger partial charge < -0.3 is 20.1 Å². The first-order valence-corrected chi connectivity index (χ1v) is 11.1. The highest BCUT2D eigenvalue weighted by Gasteiger charge is 2.22. The van der Waals surface area contributed by atoms with Gasteiger partial charge in [-0.05, 0) is 49.1 Å². The number of rotatable bonds is 8. The number of methoxy groups -OCH3 is 1. The number of ether oxygens (including phenoxy) is 2. The molecule has 2 atom stereocenters. The number of nitrogens with zero attached hydrogens (tertiary/aromatic N) is 2. The van der Waals surface area contributed by atoms with Crippen LogP contribution in [0.3, 0.4) is 0 Å². The van der Waals surface area contributed by atoms with Gasteiger partial charge in [0.2, 0.25) is 0 Å². The second kappa shape index (κ2) is 13.6. The average molecular weight is 553 g/mol. The van der Waals surface area contributed by atoms with Crippen molar-refractivity contribution in [2.24, 2.45) is 4.99 Å². The van der Waals surface area contributed by atoms with Crippen LogP contribution in [-0.4, -0.2) is 56.9 Å². The fourth-order valence-corrected chi connectivity index (χ4v) is 4.06. The molecule has 1 fully saturated rings. The molecular formula is C25H37IN4O2. The van der Waals surface area contributed by atoms with Crippen LogP contribution in [-0.2, 0) is 24.2 Å². The SMILES string of the molecule is CN=C(NCCc1ccc(OC)cc1)NCc1ccccc1CN1CC(C)OC(C)C1.I. The van der Waals surface area contributed by atoms with E-state index in [-0.39, 0.29) is 36.2 Å². The zero-order valence-corrected chi connectivity index (χ0v) is 22.0. The van der Waals surface area contributed by atoms with Crippen LogP contribution in [0, 0.1) is 0 Å². The summed E-state index contributed by atoms with van der Waals surface area (Å²) in [6.07, 6.45) is 1.49. The van der Waals surface area contributed by atoms with Gasteiger partial charge in [-0.15, -0.1) is 24.0 Å². The van der Waals surface area contributed by atoms with Crippen molar-refractivity contribution >= 4 is 29.9 Å². The number of hydrogen-bond acceptors (Lipinski definition) is 4. The minimum atomic E-state index is 0. The number of aliphatic imine (C=N–C) groups is 1. The van der Waals surface area contributed by atoms with E-state index in [9.17, 15) is 0 Å². The summed E-state index contributed by atoms with van der Waals surface area (Å²) in [6.45, 7) is 8.75. The number of halogens is 1. The topological polar surface area (TPSA) is 58.1 Å². The Kier molecular flexibility index (Phi) is 11.3. The maximum atomic E-state index is 5.87. The van der Waals surface area contributed by atoms with Crippen LogP contribution >= 0.6 is 24.0 Å². The fourth-order valence-electron chi connectivity index (χ4n) is 4.06. The van der Waals surface area contributed by atoms with Crippen molar-refractivity contribution in [3.8, 4) is 5.75 Å². The molecule has 176 valence electrons. The normalized spacial score (nSPS) is 19.2. The van der Waals surface area contributed by atoms with Gasteiger partial charge in [0.25, 0.3) is 0 Å². The van der Waals surface area contributed by atoms with Crippen LogP contribution < -0.4 is 15.4 Å². The molecule has 7 heteroatoms. The third kappa shape index (κ3) is 8.26. The molecule has 32 heavy (non-hydrogen) atoms. The highest BCUT2D eigenvalue weighted by atomic mass is 127. The maximum Gasteiger partial charge on any atom is 0.191 e. The van der Waals surface area contributed by atoms with Crippen molar-refractivity contribution in [3.05, 3.63) is 65.2 Å². The van der Waals surface area contributed by atoms with Gasteiger partial charge in [-0.25, -0.2) is 0 Å². The molecule has 6 nitrogen and oxygen atoms in total. The van der Waals surface area contributed by atoms with Gasteiger partial charge in [-0.1, -0.05) is 36.4 Å². The minimum Gasteiger partial charge on any atom is -0.497 e. The smallest absolute Gasteiger partial charge is 0.191 e. The van der Waals surface area contributed by atoms with Gasteiger partial charge in [0, 0.05) is 39.8 Å². The Balaban J connectivity index is 0.00000363. The van der Waals surface area contributed by atoms with E-state index in [1.165, 1.54) is 16.7 Å². The van der Waals surface area contributed by atoms with Crippen molar-refractivity contribution in [1.82, 2.24) is 15.5 Å². The van der Waals surface area contributed by atoms with Crippen LogP contribution in [0.25, 0.3) is 0 Å². The Morgan fingerprint density at radius 3 is 2.31 bits per heavy atom. The molecule has 0 aliphatic carbocycles. The summed E-state index contributed by atoms with van der Waals surface area (Å²) >= 11 is 0. The molecule has 2 aromatic carbocycles. The number of hydrogen-bond donors (Lipinski definition) is 2. The van der Waals surface area contributed by atoms with Gasteiger partial charge in [0.1, 0.15) is 5.75 Å². The lowest BCUT2D eigenvalue weighted by molar-refractivity contribution is -0.0705. The Morgan fingerprint density at radius 2 is 1.69 bits per heavy atom. The summed E-state index contributed by atoms with van der Waals surface area (Å²) < 4.78 is 11.1. The average Bonchev–Trinajstić information content (AvgIpc) is 2.77. The molecule has 1 aliphatic rings. The Bertz CT molecular complexity index is 834. The Labute approximate surface area is 209 Å². The summed E-state index contributed by atoms with van der Waals surface area (Å²) in [5.41, 5.74) is 3.92. The van der Waals surface area contributed by atoms with Crippen molar-refractivity contribution in [2.75, 3.05) is 33.8 Å². The molecule has 0 spiro atoms. The number of morpholine rings is 1. The first kappa shape index (κ1) is 26.4. The van der Waals surface area contributed by atoms with Gasteiger partial charge in [-0.3, -0.25) is 9.89 Å². The summed E-state index contributed by atoms with van der Waals surface area (Å²) in [6, 6.07) is 16.8. The number of benzene rings is 2. The molecule has 1 saturated heterocycles. The largest absolute Gasteiger partial charge is 0.497 e. The molecule has 0 aromatic heterocycles. The van der Waals surface area contributed by atoms with E-state index in [1.54, 1.807) is 7.11 Å². The van der Waals surface area contributed by atoms with E-state index in [2.05, 4.69) is 70.8 Å². The summed E-state index contributed by atoms with van der Waals surface area (Å²) in [7, 11) is 3.50. The van der Waals surface area contributed by atoms with E-state index in [1.807, 2.05) is 19.2 Å². The monoisotopic (exact) mass is 552 g/mol. The van der Waals surface area contributed by atoms with E-state index in [0.717, 1.165) is 50.9 Å². The third-order valence-electron chi connectivity index (χ3n) is 5.54. The number of guanidine groups is 1. The number of nitrogens with one attached hydrogen (secondary N) is 2. The summed E-state index contributed by atoms with van der Waals surface area (Å²) in [4.78, 5) is 6.86. The van der Waals surface area contributed by atoms with Crippen molar-refractivity contribution in [3.63, 3.8) is 0 Å². The zero-order chi connectivity index (χ0) is 22.1. The molecule has 2 aromatic rings. The van der Waals surface area contributed by atoms with Gasteiger partial charge in [-0.2, -0.15) is 0 Å². The predicted molar refractivity (Wildman–Crippen MR) is 142 cm³/mol. The van der Waals surface area contributed by atoms with Crippen LogP contribution in [0.4, 0.5) is 0 Å². The van der Waals surface area contributed by atoms with Crippen LogP contribution in [0.1, 0.15) is 30.5 Å². The zero-order valence-electron chi connectivity index (χ0n) is 19.6. The predicted octanol–water partition coefficient (Wildman–Crippen LogP) is 3.83. The molecule has 1 aliphatic heterocycles. The quantitative estimate of drug-likeness (QED) is 0.296. The van der Waals surface area contributed by atoms with E-state index in [4.69, 9.17) is 9.47 Å². The second-order valence-corrected chi connectivity index (χ2v) is 8.17. The highest BCUT2D eigenvalue weighted by molar-refractivity contribution is 14.0. The molecule has 2 N–H and O–H groups in total. The maximum absolute atomic E-state index is 5.87. The van der Waals surface area contributed by atoms with E-state index >= 15 is 0 Å². The molecule has 1 heterocycles. The van der Waals surface area contributed by atoms with E-state index in [0.29, 0.717) is 0 Å². The van der Waals surface area contributed by atoms with Crippen LogP contribution in [0.2, 0.25) is 0 Å². The molecule has 0 bridgehead atoms. The lowest BCUT2D eigenvalue weighted by Crippen LogP contribution is -2.45. The minimum absolute atomic E-state index is 0. The molecule has 0 radical (unpaired) electrons. The second-order valence-electron chi connectivity index (χ2n) is 8.17. The van der Waals surface area contributed by atoms with Crippen molar-refractivity contribution < 1.29 is 9.47 Å². The Hall–Kier alpha value is -1.84. The molecular weight excluding hydrogens is 515 g/mol. The Morgan fingerprint density at radius 1 is 1.03 bits per heavy atom. The standard InChI is InChI=1S/C25H36N4O2.HI/c1-19-16-29(17-20(2)31-19)18-23-8-6-5-7-22(23)15-28-25(26-3)27-14-13-21-9-11-24(30-4)12-10-21;/h5-12,19-20H,13-18H2,1-4H3,(H2,26,27,28);1H. The van der Waals surface area contributed by atoms with Gasteiger partial charge >= 0.3 is 0 Å². The third-order valence-corrected chi connectivity index (χ3v) is 5.54. The van der Waals surface area contributed by atoms with Gasteiger partial charge in [0.15, 0.2) is 5.96 Å². The first-order valence-electron chi connectivity index (χ1n) is 11.1. The molecule has 0 amide bonds. The van der Waals surface area contributed by atoms with Crippen LogP contribution in [0.15, 0.2) is 53.5 Å². The van der Waals surface area contributed by atoms with Gasteiger partial charge in [0.05, 0.1) is 19.3 Å². The van der Waals surface area contributed by atoms with Crippen LogP contribution in [0.5, 0.6) is 5.75 Å². The first-order chi connectivity index (χ1) is 15.1. The lowest BCUT2D eigenvalue weighted by atomic mass is 10.1. The van der Waals surface area contributed by atoms with Crippen molar-refractivity contribution in [1.29, 1.82) is 0 Å².